The Morgan fingerprint density at radius 3 is 2.72 bits per heavy atom. The van der Waals surface area contributed by atoms with E-state index in [9.17, 15) is 18.8 Å². The van der Waals surface area contributed by atoms with Gasteiger partial charge in [0.05, 0.1) is 13.0 Å². The summed E-state index contributed by atoms with van der Waals surface area (Å²) in [7, 11) is 0. The molecule has 3 amide bonds. The average molecular weight is 359 g/mol. The van der Waals surface area contributed by atoms with Gasteiger partial charge in [-0.25, -0.2) is 4.39 Å². The van der Waals surface area contributed by atoms with E-state index in [0.29, 0.717) is 21.8 Å². The van der Waals surface area contributed by atoms with Gasteiger partial charge in [0.25, 0.3) is 0 Å². The van der Waals surface area contributed by atoms with Crippen molar-refractivity contribution in [1.82, 2.24) is 4.90 Å². The third kappa shape index (κ3) is 2.25. The lowest BCUT2D eigenvalue weighted by atomic mass is 9.80. The summed E-state index contributed by atoms with van der Waals surface area (Å²) >= 11 is 6.01. The highest BCUT2D eigenvalue weighted by Crippen LogP contribution is 2.46. The van der Waals surface area contributed by atoms with Gasteiger partial charge in [-0.2, -0.15) is 0 Å². The van der Waals surface area contributed by atoms with Crippen LogP contribution in [0.2, 0.25) is 5.02 Å². The molecule has 1 spiro atoms. The van der Waals surface area contributed by atoms with Crippen molar-refractivity contribution in [2.24, 2.45) is 0 Å². The van der Waals surface area contributed by atoms with Crippen LogP contribution in [-0.4, -0.2) is 22.6 Å². The fourth-order valence-electron chi connectivity index (χ4n) is 3.44. The van der Waals surface area contributed by atoms with Crippen LogP contribution >= 0.6 is 11.6 Å². The Hall–Kier alpha value is -2.73. The largest absolute Gasteiger partial charge is 0.325 e. The van der Waals surface area contributed by atoms with E-state index in [0.717, 1.165) is 4.90 Å². The maximum Gasteiger partial charge on any atom is 0.250 e. The predicted octanol–water partition coefficient (Wildman–Crippen LogP) is 2.63. The monoisotopic (exact) mass is 358 g/mol. The maximum atomic E-state index is 13.4. The van der Waals surface area contributed by atoms with E-state index >= 15 is 0 Å². The van der Waals surface area contributed by atoms with Gasteiger partial charge in [0.1, 0.15) is 5.82 Å². The standard InChI is InChI=1S/C18H12ClFN2O3/c19-11-4-5-14-13(7-11)18(16(24)21-14)8-15(23)22(17(18)25)9-10-2-1-3-12(20)6-10/h1-7H,8-9H2,(H,21,24). The summed E-state index contributed by atoms with van der Waals surface area (Å²) in [6.07, 6.45) is -0.264. The van der Waals surface area contributed by atoms with Gasteiger partial charge in [-0.1, -0.05) is 23.7 Å². The molecule has 2 aromatic rings. The molecule has 0 radical (unpaired) electrons. The number of rotatable bonds is 2. The number of anilines is 1. The van der Waals surface area contributed by atoms with E-state index in [1.54, 1.807) is 18.2 Å². The molecule has 25 heavy (non-hydrogen) atoms. The first-order valence-corrected chi connectivity index (χ1v) is 8.00. The summed E-state index contributed by atoms with van der Waals surface area (Å²) in [5.74, 6) is -2.08. The number of fused-ring (bicyclic) bond motifs is 2. The highest BCUT2D eigenvalue weighted by atomic mass is 35.5. The number of nitrogens with zero attached hydrogens (tertiary/aromatic N) is 1. The number of carbonyl (C=O) groups is 3. The maximum absolute atomic E-state index is 13.4. The summed E-state index contributed by atoms with van der Waals surface area (Å²) in [4.78, 5) is 39.1. The molecule has 2 aromatic carbocycles. The SMILES string of the molecule is O=C1CC2(C(=O)Nc3ccc(Cl)cc32)C(=O)N1Cc1cccc(F)c1. The van der Waals surface area contributed by atoms with Gasteiger partial charge in [0.2, 0.25) is 17.7 Å². The van der Waals surface area contributed by atoms with E-state index in [-0.39, 0.29) is 13.0 Å². The molecule has 0 saturated carbocycles. The zero-order valence-electron chi connectivity index (χ0n) is 12.9. The van der Waals surface area contributed by atoms with Crippen LogP contribution in [0, 0.1) is 5.82 Å². The number of imide groups is 1. The molecule has 7 heteroatoms. The third-order valence-electron chi connectivity index (χ3n) is 4.63. The zero-order chi connectivity index (χ0) is 17.8. The molecule has 5 nitrogen and oxygen atoms in total. The Morgan fingerprint density at radius 2 is 1.96 bits per heavy atom. The summed E-state index contributed by atoms with van der Waals surface area (Å²) in [5.41, 5.74) is -0.235. The molecule has 4 rings (SSSR count). The fraction of sp³-hybridized carbons (Fsp3) is 0.167. The van der Waals surface area contributed by atoms with Crippen LogP contribution in [0.4, 0.5) is 10.1 Å². The number of amides is 3. The lowest BCUT2D eigenvalue weighted by molar-refractivity contribution is -0.141. The second kappa shape index (κ2) is 5.39. The van der Waals surface area contributed by atoms with Crippen LogP contribution in [0.15, 0.2) is 42.5 Å². The molecule has 0 bridgehead atoms. The number of halogens is 2. The van der Waals surface area contributed by atoms with E-state index in [2.05, 4.69) is 5.32 Å². The number of benzene rings is 2. The van der Waals surface area contributed by atoms with E-state index in [1.807, 2.05) is 0 Å². The Kier molecular flexibility index (Phi) is 3.40. The Morgan fingerprint density at radius 1 is 1.16 bits per heavy atom. The second-order valence-electron chi connectivity index (χ2n) is 6.14. The molecule has 2 aliphatic heterocycles. The minimum Gasteiger partial charge on any atom is -0.325 e. The predicted molar refractivity (Wildman–Crippen MR) is 88.3 cm³/mol. The van der Waals surface area contributed by atoms with E-state index in [4.69, 9.17) is 11.6 Å². The van der Waals surface area contributed by atoms with Crippen LogP contribution in [0.3, 0.4) is 0 Å². The number of likely N-dealkylation sites (tertiary alicyclic amines) is 1. The van der Waals surface area contributed by atoms with Crippen molar-refractivity contribution in [3.05, 3.63) is 64.4 Å². The van der Waals surface area contributed by atoms with Crippen molar-refractivity contribution < 1.29 is 18.8 Å². The molecule has 126 valence electrons. The smallest absolute Gasteiger partial charge is 0.250 e. The molecule has 2 aliphatic rings. The van der Waals surface area contributed by atoms with Gasteiger partial charge in [0.15, 0.2) is 5.41 Å². The molecular weight excluding hydrogens is 347 g/mol. The number of hydrogen-bond donors (Lipinski definition) is 1. The summed E-state index contributed by atoms with van der Waals surface area (Å²) < 4.78 is 13.4. The minimum atomic E-state index is -1.59. The molecule has 1 unspecified atom stereocenters. The number of hydrogen-bond acceptors (Lipinski definition) is 3. The molecule has 1 atom stereocenters. The van der Waals surface area contributed by atoms with E-state index in [1.165, 1.54) is 24.3 Å². The molecule has 1 saturated heterocycles. The van der Waals surface area contributed by atoms with Crippen LogP contribution in [0.1, 0.15) is 17.5 Å². The van der Waals surface area contributed by atoms with Crippen molar-refractivity contribution in [2.45, 2.75) is 18.4 Å². The molecule has 0 aliphatic carbocycles. The Labute approximate surface area is 147 Å². The van der Waals surface area contributed by atoms with Gasteiger partial charge < -0.3 is 5.32 Å². The van der Waals surface area contributed by atoms with Crippen molar-refractivity contribution in [2.75, 3.05) is 5.32 Å². The summed E-state index contributed by atoms with van der Waals surface area (Å²) in [5, 5.41) is 3.02. The van der Waals surface area contributed by atoms with Crippen molar-refractivity contribution in [1.29, 1.82) is 0 Å². The number of carbonyl (C=O) groups excluding carboxylic acids is 3. The van der Waals surface area contributed by atoms with Crippen LogP contribution < -0.4 is 5.32 Å². The normalized spacial score (nSPS) is 21.8. The molecule has 1 N–H and O–H groups in total. The fourth-order valence-corrected chi connectivity index (χ4v) is 3.61. The Balaban J connectivity index is 1.75. The second-order valence-corrected chi connectivity index (χ2v) is 6.58. The highest BCUT2D eigenvalue weighted by molar-refractivity contribution is 6.32. The molecule has 2 heterocycles. The van der Waals surface area contributed by atoms with Gasteiger partial charge >= 0.3 is 0 Å². The topological polar surface area (TPSA) is 66.5 Å². The highest BCUT2D eigenvalue weighted by Gasteiger charge is 2.61. The third-order valence-corrected chi connectivity index (χ3v) is 4.87. The van der Waals surface area contributed by atoms with Crippen LogP contribution in [-0.2, 0) is 26.3 Å². The zero-order valence-corrected chi connectivity index (χ0v) is 13.6. The minimum absolute atomic E-state index is 0.0830. The lowest BCUT2D eigenvalue weighted by Crippen LogP contribution is -2.43. The first-order chi connectivity index (χ1) is 11.9. The van der Waals surface area contributed by atoms with Crippen molar-refractivity contribution in [3.8, 4) is 0 Å². The lowest BCUT2D eigenvalue weighted by Gasteiger charge is -2.20. The van der Waals surface area contributed by atoms with Gasteiger partial charge in [-0.05, 0) is 35.9 Å². The van der Waals surface area contributed by atoms with Crippen molar-refractivity contribution >= 4 is 35.0 Å². The Bertz CT molecular complexity index is 946. The summed E-state index contributed by atoms with van der Waals surface area (Å²) in [6, 6.07) is 10.4. The van der Waals surface area contributed by atoms with Crippen LogP contribution in [0.25, 0.3) is 0 Å². The molecule has 0 aromatic heterocycles. The van der Waals surface area contributed by atoms with Crippen LogP contribution in [0.5, 0.6) is 0 Å². The molecule has 1 fully saturated rings. The summed E-state index contributed by atoms with van der Waals surface area (Å²) in [6.45, 7) is -0.0830. The quantitative estimate of drug-likeness (QED) is 0.663. The van der Waals surface area contributed by atoms with Gasteiger partial charge in [-0.3, -0.25) is 19.3 Å². The van der Waals surface area contributed by atoms with Gasteiger partial charge in [0, 0.05) is 16.3 Å². The van der Waals surface area contributed by atoms with E-state index < -0.39 is 29.0 Å². The van der Waals surface area contributed by atoms with Gasteiger partial charge in [-0.15, -0.1) is 0 Å². The first-order valence-electron chi connectivity index (χ1n) is 7.62. The average Bonchev–Trinajstić information content (AvgIpc) is 2.98. The van der Waals surface area contributed by atoms with Crippen molar-refractivity contribution in [3.63, 3.8) is 0 Å². The molecular formula is C18H12ClFN2O3. The number of nitrogens with one attached hydrogen (secondary N) is 1. The first kappa shape index (κ1) is 15.8.